The molecule has 2 aromatic carbocycles. The summed E-state index contributed by atoms with van der Waals surface area (Å²) in [5, 5.41) is 0.748. The van der Waals surface area contributed by atoms with E-state index in [1.54, 1.807) is 0 Å². The van der Waals surface area contributed by atoms with Gasteiger partial charge in [0.15, 0.2) is 20.4 Å². The number of hydrogen-bond acceptors (Lipinski definition) is 6. The van der Waals surface area contributed by atoms with Crippen LogP contribution in [0.15, 0.2) is 53.7 Å². The van der Waals surface area contributed by atoms with Crippen molar-refractivity contribution in [2.75, 3.05) is 18.8 Å². The SMILES string of the molecule is CCCN(CCC)C(=O)CSc1nc2c(sc(=S)n2-c2ccccc2C)c2nc3ccccc3n12. The number of imidazole rings is 1. The van der Waals surface area contributed by atoms with E-state index in [0.29, 0.717) is 5.75 Å². The number of aryl methyl sites for hydroxylation is 1. The van der Waals surface area contributed by atoms with E-state index < -0.39 is 0 Å². The molecular weight excluding hydrogens is 495 g/mol. The molecule has 3 aromatic heterocycles. The fourth-order valence-electron chi connectivity index (χ4n) is 4.37. The zero-order valence-corrected chi connectivity index (χ0v) is 22.5. The van der Waals surface area contributed by atoms with Gasteiger partial charge < -0.3 is 4.90 Å². The largest absolute Gasteiger partial charge is 0.342 e. The highest BCUT2D eigenvalue weighted by Gasteiger charge is 2.21. The van der Waals surface area contributed by atoms with E-state index in [0.717, 1.165) is 73.3 Å². The summed E-state index contributed by atoms with van der Waals surface area (Å²) in [4.78, 5) is 25.1. The van der Waals surface area contributed by atoms with Gasteiger partial charge in [0.1, 0.15) is 4.70 Å². The number of thioether (sulfide) groups is 1. The number of nitrogens with zero attached hydrogens (tertiary/aromatic N) is 5. The molecule has 0 N–H and O–H groups in total. The first-order valence-corrected chi connectivity index (χ1v) is 14.0. The Morgan fingerprint density at radius 3 is 2.49 bits per heavy atom. The first-order chi connectivity index (χ1) is 17.0. The van der Waals surface area contributed by atoms with Gasteiger partial charge in [0.25, 0.3) is 0 Å². The number of carbonyl (C=O) groups excluding carboxylic acids is 1. The highest BCUT2D eigenvalue weighted by molar-refractivity contribution is 7.99. The Bertz CT molecular complexity index is 1590. The van der Waals surface area contributed by atoms with Crippen LogP contribution in [0, 0.1) is 10.9 Å². The van der Waals surface area contributed by atoms with Crippen molar-refractivity contribution in [3.05, 3.63) is 58.0 Å². The predicted octanol–water partition coefficient (Wildman–Crippen LogP) is 6.67. The summed E-state index contributed by atoms with van der Waals surface area (Å²) in [6, 6.07) is 16.2. The van der Waals surface area contributed by atoms with Gasteiger partial charge >= 0.3 is 0 Å². The summed E-state index contributed by atoms with van der Waals surface area (Å²) in [7, 11) is 0. The van der Waals surface area contributed by atoms with Gasteiger partial charge in [0.2, 0.25) is 5.91 Å². The molecule has 0 saturated carbocycles. The van der Waals surface area contributed by atoms with Gasteiger partial charge in [-0.25, -0.2) is 9.97 Å². The molecular formula is C26H27N5OS3. The van der Waals surface area contributed by atoms with Crippen LogP contribution in [-0.2, 0) is 4.79 Å². The highest BCUT2D eigenvalue weighted by atomic mass is 32.2. The van der Waals surface area contributed by atoms with Gasteiger partial charge in [-0.2, -0.15) is 0 Å². The molecule has 35 heavy (non-hydrogen) atoms. The smallest absolute Gasteiger partial charge is 0.233 e. The van der Waals surface area contributed by atoms with E-state index in [4.69, 9.17) is 22.2 Å². The van der Waals surface area contributed by atoms with Gasteiger partial charge in [-0.1, -0.05) is 67.3 Å². The molecule has 5 rings (SSSR count). The fraction of sp³-hybridized carbons (Fsp3) is 0.308. The molecule has 0 fully saturated rings. The monoisotopic (exact) mass is 521 g/mol. The minimum atomic E-state index is 0.138. The Labute approximate surface area is 217 Å². The summed E-state index contributed by atoms with van der Waals surface area (Å²) < 4.78 is 5.79. The Morgan fingerprint density at radius 1 is 1.03 bits per heavy atom. The molecule has 9 heteroatoms. The van der Waals surface area contributed by atoms with Gasteiger partial charge in [-0.05, 0) is 55.7 Å². The van der Waals surface area contributed by atoms with Crippen LogP contribution in [0.4, 0.5) is 0 Å². The van der Waals surface area contributed by atoms with Crippen molar-refractivity contribution in [1.29, 1.82) is 0 Å². The van der Waals surface area contributed by atoms with Crippen LogP contribution >= 0.6 is 35.3 Å². The van der Waals surface area contributed by atoms with Crippen LogP contribution in [0.2, 0.25) is 0 Å². The summed E-state index contributed by atoms with van der Waals surface area (Å²) >= 11 is 8.81. The molecule has 0 unspecified atom stereocenters. The minimum absolute atomic E-state index is 0.138. The van der Waals surface area contributed by atoms with Crippen LogP contribution in [-0.4, -0.2) is 48.6 Å². The Balaban J connectivity index is 1.69. The van der Waals surface area contributed by atoms with Gasteiger partial charge in [-0.15, -0.1) is 0 Å². The van der Waals surface area contributed by atoms with Crippen molar-refractivity contribution >= 4 is 68.3 Å². The van der Waals surface area contributed by atoms with Crippen LogP contribution in [0.3, 0.4) is 0 Å². The number of para-hydroxylation sites is 3. The molecule has 5 aromatic rings. The normalized spacial score (nSPS) is 11.6. The number of amides is 1. The Hall–Kier alpha value is -2.75. The standard InChI is InChI=1S/C26H27N5OS3/c1-4-14-29(15-5-2)21(32)16-34-25-28-24-22(23-27-18-11-7-9-13-20(18)30(23)25)35-26(33)31(24)19-12-8-6-10-17(19)3/h6-13H,4-5,14-16H2,1-3H3. The lowest BCUT2D eigenvalue weighted by Crippen LogP contribution is -2.33. The van der Waals surface area contributed by atoms with E-state index in [1.807, 2.05) is 45.9 Å². The molecule has 0 saturated heterocycles. The lowest BCUT2D eigenvalue weighted by Gasteiger charge is -2.21. The van der Waals surface area contributed by atoms with Crippen molar-refractivity contribution in [3.63, 3.8) is 0 Å². The van der Waals surface area contributed by atoms with Crippen molar-refractivity contribution in [2.45, 2.75) is 38.8 Å². The second kappa shape index (κ2) is 10.1. The van der Waals surface area contributed by atoms with Crippen molar-refractivity contribution in [1.82, 2.24) is 23.8 Å². The van der Waals surface area contributed by atoms with E-state index in [1.165, 1.54) is 23.1 Å². The number of benzene rings is 2. The summed E-state index contributed by atoms with van der Waals surface area (Å²) in [6.45, 7) is 7.84. The summed E-state index contributed by atoms with van der Waals surface area (Å²) in [6.07, 6.45) is 1.90. The molecule has 0 aliphatic carbocycles. The third-order valence-electron chi connectivity index (χ3n) is 5.96. The summed E-state index contributed by atoms with van der Waals surface area (Å²) in [5.41, 5.74) is 5.63. The van der Waals surface area contributed by atoms with Crippen LogP contribution in [0.25, 0.3) is 32.7 Å². The van der Waals surface area contributed by atoms with Crippen LogP contribution < -0.4 is 0 Å². The zero-order chi connectivity index (χ0) is 24.5. The molecule has 180 valence electrons. The van der Waals surface area contributed by atoms with Gasteiger partial charge in [0, 0.05) is 13.1 Å². The third kappa shape index (κ3) is 4.37. The van der Waals surface area contributed by atoms with Crippen LogP contribution in [0.1, 0.15) is 32.3 Å². The number of thiazole rings is 1. The van der Waals surface area contributed by atoms with Crippen molar-refractivity contribution in [3.8, 4) is 5.69 Å². The minimum Gasteiger partial charge on any atom is -0.342 e. The van der Waals surface area contributed by atoms with Crippen molar-refractivity contribution < 1.29 is 4.79 Å². The summed E-state index contributed by atoms with van der Waals surface area (Å²) in [5.74, 6) is 0.467. The number of rotatable bonds is 8. The van der Waals surface area contributed by atoms with Gasteiger partial charge in [0.05, 0.1) is 22.5 Å². The van der Waals surface area contributed by atoms with Crippen LogP contribution in [0.5, 0.6) is 0 Å². The molecule has 0 aliphatic heterocycles. The zero-order valence-electron chi connectivity index (χ0n) is 20.0. The first kappa shape index (κ1) is 24.0. The topological polar surface area (TPSA) is 55.4 Å². The molecule has 3 heterocycles. The maximum Gasteiger partial charge on any atom is 0.233 e. The molecule has 0 radical (unpaired) electrons. The molecule has 6 nitrogen and oxygen atoms in total. The number of carbonyl (C=O) groups is 1. The molecule has 1 amide bonds. The molecule has 0 atom stereocenters. The average molecular weight is 522 g/mol. The number of aromatic nitrogens is 4. The van der Waals surface area contributed by atoms with E-state index in [2.05, 4.69) is 37.3 Å². The Morgan fingerprint density at radius 2 is 1.74 bits per heavy atom. The van der Waals surface area contributed by atoms with E-state index in [-0.39, 0.29) is 5.91 Å². The Kier molecular flexibility index (Phi) is 6.91. The molecule has 0 aliphatic rings. The lowest BCUT2D eigenvalue weighted by molar-refractivity contribution is -0.128. The molecule has 0 bridgehead atoms. The highest BCUT2D eigenvalue weighted by Crippen LogP contribution is 2.34. The van der Waals surface area contributed by atoms with Crippen molar-refractivity contribution in [2.24, 2.45) is 0 Å². The average Bonchev–Trinajstić information content (AvgIpc) is 3.40. The second-order valence-corrected chi connectivity index (χ2v) is 11.1. The number of hydrogen-bond donors (Lipinski definition) is 0. The maximum absolute atomic E-state index is 13.1. The molecule has 0 spiro atoms. The first-order valence-electron chi connectivity index (χ1n) is 11.8. The van der Waals surface area contributed by atoms with Gasteiger partial charge in [-0.3, -0.25) is 13.8 Å². The second-order valence-electron chi connectivity index (χ2n) is 8.47. The van der Waals surface area contributed by atoms with E-state index in [9.17, 15) is 4.79 Å². The number of fused-ring (bicyclic) bond motifs is 5. The fourth-order valence-corrected chi connectivity index (χ4v) is 6.61. The lowest BCUT2D eigenvalue weighted by atomic mass is 10.2. The maximum atomic E-state index is 13.1. The quantitative estimate of drug-likeness (QED) is 0.130. The van der Waals surface area contributed by atoms with E-state index >= 15 is 0 Å². The predicted molar refractivity (Wildman–Crippen MR) is 149 cm³/mol. The third-order valence-corrected chi connectivity index (χ3v) is 8.25.